The van der Waals surface area contributed by atoms with E-state index in [2.05, 4.69) is 18.4 Å². The van der Waals surface area contributed by atoms with Gasteiger partial charge in [0.15, 0.2) is 0 Å². The second-order valence-corrected chi connectivity index (χ2v) is 4.41. The van der Waals surface area contributed by atoms with Crippen molar-refractivity contribution in [3.05, 3.63) is 12.7 Å². The predicted octanol–water partition coefficient (Wildman–Crippen LogP) is 2.23. The number of rotatable bonds is 6. The number of unbranched alkanes of at least 4 members (excludes halogenated alkanes) is 1. The number of carbonyl (C=O) groups is 1. The average molecular weight is 225 g/mol. The van der Waals surface area contributed by atoms with Crippen molar-refractivity contribution in [2.75, 3.05) is 26.2 Å². The van der Waals surface area contributed by atoms with Crippen molar-refractivity contribution in [3.8, 4) is 0 Å². The summed E-state index contributed by atoms with van der Waals surface area (Å²) >= 11 is 0. The molecule has 0 aromatic carbocycles. The van der Waals surface area contributed by atoms with Crippen LogP contribution in [0.25, 0.3) is 0 Å². The number of carbonyl (C=O) groups excluding carboxylic acids is 1. The van der Waals surface area contributed by atoms with E-state index in [1.165, 1.54) is 0 Å². The van der Waals surface area contributed by atoms with E-state index in [9.17, 15) is 4.79 Å². The summed E-state index contributed by atoms with van der Waals surface area (Å²) in [5.74, 6) is 0.0627. The first-order chi connectivity index (χ1) is 7.77. The lowest BCUT2D eigenvalue weighted by atomic mass is 9.98. The Hall–Kier alpha value is -0.830. The van der Waals surface area contributed by atoms with Gasteiger partial charge in [-0.3, -0.25) is 9.69 Å². The largest absolute Gasteiger partial charge is 0.465 e. The standard InChI is InChI=1S/C13H23NO2/c1-3-5-10-16-13(15)12-7-6-9-14(11-12)8-4-2/h4,12H,2-3,5-11H2,1H3. The van der Waals surface area contributed by atoms with E-state index >= 15 is 0 Å². The normalized spacial score (nSPS) is 21.7. The van der Waals surface area contributed by atoms with E-state index in [4.69, 9.17) is 4.74 Å². The molecule has 1 unspecified atom stereocenters. The third kappa shape index (κ3) is 4.35. The van der Waals surface area contributed by atoms with Crippen LogP contribution in [0.2, 0.25) is 0 Å². The molecule has 0 spiro atoms. The fraction of sp³-hybridized carbons (Fsp3) is 0.769. The summed E-state index contributed by atoms with van der Waals surface area (Å²) in [4.78, 5) is 14.0. The number of esters is 1. The van der Waals surface area contributed by atoms with Gasteiger partial charge in [0, 0.05) is 13.1 Å². The zero-order valence-corrected chi connectivity index (χ0v) is 10.3. The van der Waals surface area contributed by atoms with Gasteiger partial charge in [-0.25, -0.2) is 0 Å². The van der Waals surface area contributed by atoms with Crippen LogP contribution in [-0.2, 0) is 9.53 Å². The molecular formula is C13H23NO2. The van der Waals surface area contributed by atoms with Crippen LogP contribution in [0.1, 0.15) is 32.6 Å². The number of likely N-dealkylation sites (tertiary alicyclic amines) is 1. The monoisotopic (exact) mass is 225 g/mol. The topological polar surface area (TPSA) is 29.5 Å². The minimum Gasteiger partial charge on any atom is -0.465 e. The van der Waals surface area contributed by atoms with Crippen LogP contribution in [0, 0.1) is 5.92 Å². The number of ether oxygens (including phenoxy) is 1. The molecule has 1 rings (SSSR count). The molecule has 3 nitrogen and oxygen atoms in total. The number of hydrogen-bond donors (Lipinski definition) is 0. The Morgan fingerprint density at radius 3 is 3.12 bits per heavy atom. The van der Waals surface area contributed by atoms with E-state index in [0.717, 1.165) is 45.3 Å². The molecule has 0 N–H and O–H groups in total. The van der Waals surface area contributed by atoms with Crippen LogP contribution in [-0.4, -0.2) is 37.1 Å². The van der Waals surface area contributed by atoms with Crippen LogP contribution in [0.15, 0.2) is 12.7 Å². The summed E-state index contributed by atoms with van der Waals surface area (Å²) in [5, 5.41) is 0. The molecule has 16 heavy (non-hydrogen) atoms. The molecule has 1 aliphatic heterocycles. The molecule has 0 aromatic heterocycles. The second kappa shape index (κ2) is 7.44. The number of nitrogens with zero attached hydrogens (tertiary/aromatic N) is 1. The van der Waals surface area contributed by atoms with E-state index in [-0.39, 0.29) is 11.9 Å². The van der Waals surface area contributed by atoms with Gasteiger partial charge >= 0.3 is 5.97 Å². The maximum Gasteiger partial charge on any atom is 0.310 e. The fourth-order valence-corrected chi connectivity index (χ4v) is 2.03. The van der Waals surface area contributed by atoms with Gasteiger partial charge in [-0.15, -0.1) is 6.58 Å². The van der Waals surface area contributed by atoms with Crippen LogP contribution >= 0.6 is 0 Å². The summed E-state index contributed by atoms with van der Waals surface area (Å²) in [5.41, 5.74) is 0. The third-order valence-electron chi connectivity index (χ3n) is 2.97. The molecule has 92 valence electrons. The van der Waals surface area contributed by atoms with Gasteiger partial charge in [-0.2, -0.15) is 0 Å². The molecule has 1 aliphatic rings. The van der Waals surface area contributed by atoms with Crippen LogP contribution in [0.3, 0.4) is 0 Å². The van der Waals surface area contributed by atoms with Gasteiger partial charge in [-0.05, 0) is 25.8 Å². The minimum atomic E-state index is -0.0118. The van der Waals surface area contributed by atoms with Crippen molar-refractivity contribution < 1.29 is 9.53 Å². The fourth-order valence-electron chi connectivity index (χ4n) is 2.03. The maximum absolute atomic E-state index is 11.7. The van der Waals surface area contributed by atoms with Gasteiger partial charge in [0.25, 0.3) is 0 Å². The highest BCUT2D eigenvalue weighted by atomic mass is 16.5. The summed E-state index contributed by atoms with van der Waals surface area (Å²) in [6.07, 6.45) is 5.99. The number of hydrogen-bond acceptors (Lipinski definition) is 3. The lowest BCUT2D eigenvalue weighted by Gasteiger charge is -2.30. The van der Waals surface area contributed by atoms with Crippen molar-refractivity contribution in [1.29, 1.82) is 0 Å². The van der Waals surface area contributed by atoms with Crippen molar-refractivity contribution in [2.24, 2.45) is 5.92 Å². The zero-order chi connectivity index (χ0) is 11.8. The molecule has 0 radical (unpaired) electrons. The van der Waals surface area contributed by atoms with E-state index in [1.54, 1.807) is 0 Å². The van der Waals surface area contributed by atoms with E-state index < -0.39 is 0 Å². The van der Waals surface area contributed by atoms with Crippen LogP contribution in [0.5, 0.6) is 0 Å². The van der Waals surface area contributed by atoms with E-state index in [0.29, 0.717) is 6.61 Å². The summed E-state index contributed by atoms with van der Waals surface area (Å²) < 4.78 is 5.26. The van der Waals surface area contributed by atoms with Crippen molar-refractivity contribution in [1.82, 2.24) is 4.90 Å². The summed E-state index contributed by atoms with van der Waals surface area (Å²) in [6.45, 7) is 9.18. The molecule has 1 saturated heterocycles. The molecule has 0 aliphatic carbocycles. The van der Waals surface area contributed by atoms with E-state index in [1.807, 2.05) is 6.08 Å². The molecular weight excluding hydrogens is 202 g/mol. The highest BCUT2D eigenvalue weighted by molar-refractivity contribution is 5.72. The Labute approximate surface area is 98.5 Å². The molecule has 3 heteroatoms. The first-order valence-electron chi connectivity index (χ1n) is 6.27. The quantitative estimate of drug-likeness (QED) is 0.394. The van der Waals surface area contributed by atoms with Gasteiger partial charge in [-0.1, -0.05) is 19.4 Å². The lowest BCUT2D eigenvalue weighted by Crippen LogP contribution is -2.39. The average Bonchev–Trinajstić information content (AvgIpc) is 2.30. The first-order valence-corrected chi connectivity index (χ1v) is 6.27. The summed E-state index contributed by atoms with van der Waals surface area (Å²) in [6, 6.07) is 0. The molecule has 1 heterocycles. The van der Waals surface area contributed by atoms with Crippen molar-refractivity contribution in [3.63, 3.8) is 0 Å². The number of piperidine rings is 1. The molecule has 0 saturated carbocycles. The predicted molar refractivity (Wildman–Crippen MR) is 65.2 cm³/mol. The van der Waals surface area contributed by atoms with Crippen LogP contribution in [0.4, 0.5) is 0 Å². The molecule has 0 bridgehead atoms. The molecule has 0 aromatic rings. The molecule has 0 amide bonds. The molecule has 1 atom stereocenters. The second-order valence-electron chi connectivity index (χ2n) is 4.41. The zero-order valence-electron chi connectivity index (χ0n) is 10.3. The van der Waals surface area contributed by atoms with Gasteiger partial charge in [0.1, 0.15) is 0 Å². The highest BCUT2D eigenvalue weighted by Crippen LogP contribution is 2.17. The SMILES string of the molecule is C=CCN1CCCC(C(=O)OCCCC)C1. The highest BCUT2D eigenvalue weighted by Gasteiger charge is 2.26. The van der Waals surface area contributed by atoms with Gasteiger partial charge in [0.2, 0.25) is 0 Å². The Balaban J connectivity index is 2.29. The lowest BCUT2D eigenvalue weighted by molar-refractivity contribution is -0.150. The van der Waals surface area contributed by atoms with Crippen molar-refractivity contribution in [2.45, 2.75) is 32.6 Å². The maximum atomic E-state index is 11.7. The first kappa shape index (κ1) is 13.2. The smallest absolute Gasteiger partial charge is 0.310 e. The van der Waals surface area contributed by atoms with Gasteiger partial charge in [0.05, 0.1) is 12.5 Å². The Morgan fingerprint density at radius 1 is 1.62 bits per heavy atom. The summed E-state index contributed by atoms with van der Waals surface area (Å²) in [7, 11) is 0. The third-order valence-corrected chi connectivity index (χ3v) is 2.97. The Kier molecular flexibility index (Phi) is 6.16. The van der Waals surface area contributed by atoms with Crippen LogP contribution < -0.4 is 0 Å². The molecule has 1 fully saturated rings. The Bertz CT molecular complexity index is 228. The van der Waals surface area contributed by atoms with Crippen molar-refractivity contribution >= 4 is 5.97 Å². The minimum absolute atomic E-state index is 0.0118. The Morgan fingerprint density at radius 2 is 2.44 bits per heavy atom. The van der Waals surface area contributed by atoms with Gasteiger partial charge < -0.3 is 4.74 Å².